The number of carbonyl (C=O) groups excluding carboxylic acids is 1. The van der Waals surface area contributed by atoms with Gasteiger partial charge in [0.1, 0.15) is 0 Å². The van der Waals surface area contributed by atoms with Crippen LogP contribution in [0.2, 0.25) is 10.0 Å². The number of amides is 1. The van der Waals surface area contributed by atoms with Crippen LogP contribution in [0.25, 0.3) is 10.9 Å². The minimum atomic E-state index is -0.277. The zero-order valence-corrected chi connectivity index (χ0v) is 20.2. The third-order valence-electron chi connectivity index (χ3n) is 6.57. The number of aromatic amines is 1. The van der Waals surface area contributed by atoms with Crippen LogP contribution < -0.4 is 10.5 Å². The van der Waals surface area contributed by atoms with Crippen LogP contribution >= 0.6 is 23.2 Å². The summed E-state index contributed by atoms with van der Waals surface area (Å²) in [7, 11) is 0. The second-order valence-corrected chi connectivity index (χ2v) is 9.52. The molecule has 0 bridgehead atoms. The number of rotatable bonds is 4. The van der Waals surface area contributed by atoms with Crippen LogP contribution in [0.3, 0.4) is 0 Å². The van der Waals surface area contributed by atoms with E-state index in [0.29, 0.717) is 54.0 Å². The Hall–Kier alpha value is -2.58. The Morgan fingerprint density at radius 2 is 1.79 bits per heavy atom. The number of benzene rings is 2. The quantitative estimate of drug-likeness (QED) is 0.593. The molecule has 3 aromatic rings. The van der Waals surface area contributed by atoms with E-state index in [1.165, 1.54) is 6.07 Å². The number of pyridine rings is 1. The maximum absolute atomic E-state index is 13.8. The van der Waals surface area contributed by atoms with Crippen molar-refractivity contribution < 1.29 is 9.53 Å². The molecule has 5 rings (SSSR count). The van der Waals surface area contributed by atoms with Crippen LogP contribution in [0.5, 0.6) is 0 Å². The minimum absolute atomic E-state index is 0.0631. The standard InChI is InChI=1S/C25H26Cl2N4O3/c26-21-6-5-17(13-22(21)27)30-7-8-31(18(16-30)15-29-9-11-34-12-10-29)25(33)20-14-24(32)28-23-4-2-1-3-19(20)23/h1-6,13-14,18H,7-12,15-16H2,(H,28,32)/t18-/m0/s1. The number of fused-ring (bicyclic) bond motifs is 1. The van der Waals surface area contributed by atoms with Gasteiger partial charge in [-0.15, -0.1) is 0 Å². The van der Waals surface area contributed by atoms with Gasteiger partial charge in [-0.1, -0.05) is 41.4 Å². The highest BCUT2D eigenvalue weighted by molar-refractivity contribution is 6.42. The fourth-order valence-corrected chi connectivity index (χ4v) is 5.11. The van der Waals surface area contributed by atoms with Gasteiger partial charge in [0.05, 0.1) is 34.9 Å². The van der Waals surface area contributed by atoms with Crippen molar-refractivity contribution in [2.75, 3.05) is 57.4 Å². The third-order valence-corrected chi connectivity index (χ3v) is 7.30. The van der Waals surface area contributed by atoms with Gasteiger partial charge in [0.25, 0.3) is 5.91 Å². The number of aromatic nitrogens is 1. The summed E-state index contributed by atoms with van der Waals surface area (Å²) in [5.41, 5.74) is 1.81. The van der Waals surface area contributed by atoms with Crippen LogP contribution in [-0.2, 0) is 4.74 Å². The molecule has 2 aliphatic rings. The first kappa shape index (κ1) is 23.2. The molecule has 2 saturated heterocycles. The van der Waals surface area contributed by atoms with Crippen molar-refractivity contribution in [1.82, 2.24) is 14.8 Å². The normalized spacial score (nSPS) is 19.5. The van der Waals surface area contributed by atoms with E-state index >= 15 is 0 Å². The number of nitrogens with zero attached hydrogens (tertiary/aromatic N) is 3. The number of piperazine rings is 1. The molecule has 3 heterocycles. The number of ether oxygens (including phenoxy) is 1. The van der Waals surface area contributed by atoms with Gasteiger partial charge in [0.2, 0.25) is 5.56 Å². The van der Waals surface area contributed by atoms with Gasteiger partial charge in [-0.05, 0) is 24.3 Å². The molecule has 0 saturated carbocycles. The smallest absolute Gasteiger partial charge is 0.255 e. The Morgan fingerprint density at radius 1 is 1.00 bits per heavy atom. The third kappa shape index (κ3) is 4.79. The van der Waals surface area contributed by atoms with E-state index in [4.69, 9.17) is 27.9 Å². The molecule has 9 heteroatoms. The minimum Gasteiger partial charge on any atom is -0.379 e. The largest absolute Gasteiger partial charge is 0.379 e. The van der Waals surface area contributed by atoms with Gasteiger partial charge in [0, 0.05) is 61.9 Å². The zero-order valence-electron chi connectivity index (χ0n) is 18.7. The predicted molar refractivity (Wildman–Crippen MR) is 135 cm³/mol. The summed E-state index contributed by atoms with van der Waals surface area (Å²) in [6.45, 7) is 5.63. The van der Waals surface area contributed by atoms with Gasteiger partial charge < -0.3 is 19.5 Å². The summed E-state index contributed by atoms with van der Waals surface area (Å²) in [5, 5.41) is 1.78. The Balaban J connectivity index is 1.46. The lowest BCUT2D eigenvalue weighted by molar-refractivity contribution is 0.0204. The summed E-state index contributed by atoms with van der Waals surface area (Å²) in [6, 6.07) is 14.4. The number of hydrogen-bond acceptors (Lipinski definition) is 5. The molecule has 1 amide bonds. The number of para-hydroxylation sites is 1. The zero-order chi connectivity index (χ0) is 23.7. The van der Waals surface area contributed by atoms with E-state index in [2.05, 4.69) is 14.8 Å². The Labute approximate surface area is 207 Å². The van der Waals surface area contributed by atoms with Crippen LogP contribution in [0.1, 0.15) is 10.4 Å². The van der Waals surface area contributed by atoms with Crippen molar-refractivity contribution in [3.63, 3.8) is 0 Å². The van der Waals surface area contributed by atoms with Crippen LogP contribution in [0.15, 0.2) is 53.3 Å². The van der Waals surface area contributed by atoms with Gasteiger partial charge in [-0.25, -0.2) is 0 Å². The summed E-state index contributed by atoms with van der Waals surface area (Å²) < 4.78 is 5.51. The molecule has 0 radical (unpaired) electrons. The fraction of sp³-hybridized carbons (Fsp3) is 0.360. The highest BCUT2D eigenvalue weighted by Crippen LogP contribution is 2.29. The van der Waals surface area contributed by atoms with Gasteiger partial charge in [0.15, 0.2) is 0 Å². The van der Waals surface area contributed by atoms with E-state index in [-0.39, 0.29) is 17.5 Å². The van der Waals surface area contributed by atoms with E-state index in [1.807, 2.05) is 41.3 Å². The SMILES string of the molecule is O=C(c1cc(=O)[nH]c2ccccc12)N1CCN(c2ccc(Cl)c(Cl)c2)C[C@@H]1CN1CCOCC1. The lowest BCUT2D eigenvalue weighted by Crippen LogP contribution is -2.59. The van der Waals surface area contributed by atoms with Crippen molar-refractivity contribution >= 4 is 45.7 Å². The molecular weight excluding hydrogens is 475 g/mol. The summed E-state index contributed by atoms with van der Waals surface area (Å²) in [6.07, 6.45) is 0. The number of anilines is 1. The van der Waals surface area contributed by atoms with Gasteiger partial charge >= 0.3 is 0 Å². The van der Waals surface area contributed by atoms with E-state index in [1.54, 1.807) is 6.07 Å². The summed E-state index contributed by atoms with van der Waals surface area (Å²) in [5.74, 6) is -0.116. The average Bonchev–Trinajstić information content (AvgIpc) is 2.85. The van der Waals surface area contributed by atoms with Crippen molar-refractivity contribution in [3.05, 3.63) is 74.5 Å². The van der Waals surface area contributed by atoms with Crippen molar-refractivity contribution in [1.29, 1.82) is 0 Å². The highest BCUT2D eigenvalue weighted by Gasteiger charge is 2.33. The topological polar surface area (TPSA) is 68.9 Å². The number of halogens is 2. The molecule has 0 spiro atoms. The van der Waals surface area contributed by atoms with E-state index in [0.717, 1.165) is 30.7 Å². The lowest BCUT2D eigenvalue weighted by atomic mass is 10.0. The van der Waals surface area contributed by atoms with Crippen LogP contribution in [-0.4, -0.2) is 79.2 Å². The van der Waals surface area contributed by atoms with Gasteiger partial charge in [-0.2, -0.15) is 0 Å². The molecule has 0 aliphatic carbocycles. The maximum atomic E-state index is 13.8. The molecule has 1 N–H and O–H groups in total. The molecule has 1 atom stereocenters. The fourth-order valence-electron chi connectivity index (χ4n) is 4.81. The number of nitrogens with one attached hydrogen (secondary N) is 1. The first-order valence-corrected chi connectivity index (χ1v) is 12.2. The molecule has 7 nitrogen and oxygen atoms in total. The van der Waals surface area contributed by atoms with Gasteiger partial charge in [-0.3, -0.25) is 14.5 Å². The van der Waals surface area contributed by atoms with Crippen molar-refractivity contribution in [2.24, 2.45) is 0 Å². The molecule has 178 valence electrons. The second-order valence-electron chi connectivity index (χ2n) is 8.70. The Bertz CT molecular complexity index is 1260. The van der Waals surface area contributed by atoms with Crippen LogP contribution in [0, 0.1) is 0 Å². The molecule has 2 aromatic carbocycles. The monoisotopic (exact) mass is 500 g/mol. The Morgan fingerprint density at radius 3 is 2.59 bits per heavy atom. The predicted octanol–water partition coefficient (Wildman–Crippen LogP) is 3.50. The lowest BCUT2D eigenvalue weighted by Gasteiger charge is -2.44. The van der Waals surface area contributed by atoms with Crippen molar-refractivity contribution in [2.45, 2.75) is 6.04 Å². The number of morpholine rings is 1. The van der Waals surface area contributed by atoms with Crippen molar-refractivity contribution in [3.8, 4) is 0 Å². The number of carbonyl (C=O) groups is 1. The van der Waals surface area contributed by atoms with E-state index < -0.39 is 0 Å². The molecule has 1 aromatic heterocycles. The van der Waals surface area contributed by atoms with Crippen LogP contribution in [0.4, 0.5) is 5.69 Å². The molecule has 2 fully saturated rings. The maximum Gasteiger partial charge on any atom is 0.255 e. The van der Waals surface area contributed by atoms with E-state index in [9.17, 15) is 9.59 Å². The second kappa shape index (κ2) is 9.96. The Kier molecular flexibility index (Phi) is 6.79. The number of hydrogen-bond donors (Lipinski definition) is 1. The average molecular weight is 501 g/mol. The molecular formula is C25H26Cl2N4O3. The molecule has 0 unspecified atom stereocenters. The highest BCUT2D eigenvalue weighted by atomic mass is 35.5. The first-order valence-electron chi connectivity index (χ1n) is 11.4. The summed E-state index contributed by atoms with van der Waals surface area (Å²) in [4.78, 5) is 35.5. The summed E-state index contributed by atoms with van der Waals surface area (Å²) >= 11 is 12.4. The number of H-pyrrole nitrogens is 1. The molecule has 2 aliphatic heterocycles. The first-order chi connectivity index (χ1) is 16.5. The molecule has 34 heavy (non-hydrogen) atoms.